The van der Waals surface area contributed by atoms with Crippen LogP contribution in [0, 0.1) is 20.8 Å². The van der Waals surface area contributed by atoms with E-state index in [-0.39, 0.29) is 5.91 Å². The lowest BCUT2D eigenvalue weighted by Crippen LogP contribution is -2.42. The number of rotatable bonds is 3. The molecule has 1 saturated carbocycles. The van der Waals surface area contributed by atoms with Gasteiger partial charge in [0.05, 0.1) is 5.54 Å². The molecule has 0 aliphatic heterocycles. The Labute approximate surface area is 102 Å². The number of aryl methyl sites for hydroxylation is 3. The van der Waals surface area contributed by atoms with Gasteiger partial charge in [-0.15, -0.1) is 0 Å². The molecule has 1 aliphatic rings. The van der Waals surface area contributed by atoms with Crippen LogP contribution in [-0.4, -0.2) is 11.4 Å². The van der Waals surface area contributed by atoms with Gasteiger partial charge in [-0.1, -0.05) is 17.7 Å². The van der Waals surface area contributed by atoms with Crippen molar-refractivity contribution in [2.75, 3.05) is 0 Å². The quantitative estimate of drug-likeness (QED) is 0.833. The maximum atomic E-state index is 11.8. The van der Waals surface area contributed by atoms with E-state index in [2.05, 4.69) is 38.2 Å². The van der Waals surface area contributed by atoms with Gasteiger partial charge in [-0.25, -0.2) is 0 Å². The molecule has 2 rings (SSSR count). The summed E-state index contributed by atoms with van der Waals surface area (Å²) in [5, 5.41) is 2.94. The van der Waals surface area contributed by atoms with Gasteiger partial charge in [0.1, 0.15) is 0 Å². The van der Waals surface area contributed by atoms with Gasteiger partial charge in [-0.05, 0) is 50.3 Å². The smallest absolute Gasteiger partial charge is 0.240 e. The molecule has 0 spiro atoms. The second kappa shape index (κ2) is 4.15. The molecule has 1 aromatic carbocycles. The number of carbonyl (C=O) groups is 1. The summed E-state index contributed by atoms with van der Waals surface area (Å²) < 4.78 is 0. The Bertz CT molecular complexity index is 438. The highest BCUT2D eigenvalue weighted by atomic mass is 16.2. The molecule has 3 N–H and O–H groups in total. The largest absolute Gasteiger partial charge is 0.350 e. The van der Waals surface area contributed by atoms with E-state index in [0.717, 1.165) is 12.8 Å². The maximum absolute atomic E-state index is 11.8. The molecule has 0 heterocycles. The van der Waals surface area contributed by atoms with Crippen LogP contribution in [0.2, 0.25) is 0 Å². The first-order valence-corrected chi connectivity index (χ1v) is 6.06. The summed E-state index contributed by atoms with van der Waals surface area (Å²) in [5.41, 5.74) is 10.2. The lowest BCUT2D eigenvalue weighted by atomic mass is 10.00. The lowest BCUT2D eigenvalue weighted by molar-refractivity contribution is -0.123. The first kappa shape index (κ1) is 12.1. The topological polar surface area (TPSA) is 55.1 Å². The molecular formula is C14H20N2O. The average Bonchev–Trinajstić information content (AvgIpc) is 2.96. The fraction of sp³-hybridized carbons (Fsp3) is 0.500. The first-order chi connectivity index (χ1) is 7.92. The maximum Gasteiger partial charge on any atom is 0.240 e. The Morgan fingerprint density at radius 3 is 2.29 bits per heavy atom. The summed E-state index contributed by atoms with van der Waals surface area (Å²) in [6, 6.07) is 4.29. The van der Waals surface area contributed by atoms with Gasteiger partial charge >= 0.3 is 0 Å². The van der Waals surface area contributed by atoms with Crippen LogP contribution < -0.4 is 11.1 Å². The van der Waals surface area contributed by atoms with Crippen LogP contribution in [0.5, 0.6) is 0 Å². The second-order valence-corrected chi connectivity index (χ2v) is 5.22. The van der Waals surface area contributed by atoms with Gasteiger partial charge in [0.15, 0.2) is 0 Å². The highest BCUT2D eigenvalue weighted by Crippen LogP contribution is 2.32. The third kappa shape index (κ3) is 2.50. The van der Waals surface area contributed by atoms with E-state index in [1.54, 1.807) is 0 Å². The first-order valence-electron chi connectivity index (χ1n) is 6.06. The number of amides is 1. The Hall–Kier alpha value is -1.35. The molecule has 1 fully saturated rings. The predicted octanol–water partition coefficient (Wildman–Crippen LogP) is 1.72. The molecule has 3 heteroatoms. The SMILES string of the molecule is Cc1cc(C)c(CNC(=O)C2(N)CC2)c(C)c1. The zero-order valence-corrected chi connectivity index (χ0v) is 10.8. The molecule has 92 valence electrons. The molecule has 1 aromatic rings. The summed E-state index contributed by atoms with van der Waals surface area (Å²) in [4.78, 5) is 11.8. The standard InChI is InChI=1S/C14H20N2O/c1-9-6-10(2)12(11(3)7-9)8-16-13(17)14(15)4-5-14/h6-7H,4-5,8,15H2,1-3H3,(H,16,17). The van der Waals surface area contributed by atoms with Crippen molar-refractivity contribution >= 4 is 5.91 Å². The molecular weight excluding hydrogens is 212 g/mol. The molecule has 0 bridgehead atoms. The summed E-state index contributed by atoms with van der Waals surface area (Å²) in [6.45, 7) is 6.82. The number of nitrogens with two attached hydrogens (primary N) is 1. The van der Waals surface area contributed by atoms with Crippen LogP contribution in [0.4, 0.5) is 0 Å². The Morgan fingerprint density at radius 2 is 1.82 bits per heavy atom. The molecule has 1 amide bonds. The number of carbonyl (C=O) groups excluding carboxylic acids is 1. The fourth-order valence-corrected chi connectivity index (χ4v) is 2.20. The highest BCUT2D eigenvalue weighted by Gasteiger charge is 2.45. The molecule has 1 aliphatic carbocycles. The van der Waals surface area contributed by atoms with Gasteiger partial charge in [-0.2, -0.15) is 0 Å². The predicted molar refractivity (Wildman–Crippen MR) is 68.7 cm³/mol. The normalized spacial score (nSPS) is 16.7. The van der Waals surface area contributed by atoms with E-state index in [1.807, 2.05) is 0 Å². The van der Waals surface area contributed by atoms with Crippen molar-refractivity contribution in [1.82, 2.24) is 5.32 Å². The second-order valence-electron chi connectivity index (χ2n) is 5.22. The van der Waals surface area contributed by atoms with Crippen LogP contribution >= 0.6 is 0 Å². The number of hydrogen-bond donors (Lipinski definition) is 2. The van der Waals surface area contributed by atoms with Crippen LogP contribution in [0.15, 0.2) is 12.1 Å². The van der Waals surface area contributed by atoms with Gasteiger partial charge in [0.25, 0.3) is 0 Å². The Balaban J connectivity index is 2.06. The van der Waals surface area contributed by atoms with Gasteiger partial charge in [0.2, 0.25) is 5.91 Å². The van der Waals surface area contributed by atoms with Crippen molar-refractivity contribution in [2.45, 2.75) is 45.7 Å². The summed E-state index contributed by atoms with van der Waals surface area (Å²) >= 11 is 0. The number of hydrogen-bond acceptors (Lipinski definition) is 2. The zero-order chi connectivity index (χ0) is 12.6. The molecule has 17 heavy (non-hydrogen) atoms. The third-order valence-electron chi connectivity index (χ3n) is 3.51. The molecule has 0 unspecified atom stereocenters. The van der Waals surface area contributed by atoms with Crippen molar-refractivity contribution in [2.24, 2.45) is 5.73 Å². The van der Waals surface area contributed by atoms with Crippen LogP contribution in [0.3, 0.4) is 0 Å². The highest BCUT2D eigenvalue weighted by molar-refractivity contribution is 5.88. The monoisotopic (exact) mass is 232 g/mol. The Kier molecular flexibility index (Phi) is 2.96. The lowest BCUT2D eigenvalue weighted by Gasteiger charge is -2.14. The van der Waals surface area contributed by atoms with Crippen molar-refractivity contribution in [3.63, 3.8) is 0 Å². The van der Waals surface area contributed by atoms with E-state index in [9.17, 15) is 4.79 Å². The summed E-state index contributed by atoms with van der Waals surface area (Å²) in [7, 11) is 0. The van der Waals surface area contributed by atoms with Crippen molar-refractivity contribution in [3.8, 4) is 0 Å². The van der Waals surface area contributed by atoms with E-state index < -0.39 is 5.54 Å². The number of benzene rings is 1. The minimum atomic E-state index is -0.577. The molecule has 3 nitrogen and oxygen atoms in total. The van der Waals surface area contributed by atoms with Gasteiger partial charge < -0.3 is 11.1 Å². The minimum absolute atomic E-state index is 0.0168. The van der Waals surface area contributed by atoms with E-state index in [1.165, 1.54) is 22.3 Å². The van der Waals surface area contributed by atoms with Crippen LogP contribution in [0.1, 0.15) is 35.1 Å². The van der Waals surface area contributed by atoms with E-state index in [4.69, 9.17) is 5.73 Å². The fourth-order valence-electron chi connectivity index (χ4n) is 2.20. The average molecular weight is 232 g/mol. The van der Waals surface area contributed by atoms with Gasteiger partial charge in [-0.3, -0.25) is 4.79 Å². The Morgan fingerprint density at radius 1 is 1.29 bits per heavy atom. The van der Waals surface area contributed by atoms with Crippen molar-refractivity contribution in [1.29, 1.82) is 0 Å². The molecule has 0 saturated heterocycles. The zero-order valence-electron chi connectivity index (χ0n) is 10.8. The van der Waals surface area contributed by atoms with Crippen LogP contribution in [-0.2, 0) is 11.3 Å². The molecule has 0 radical (unpaired) electrons. The third-order valence-corrected chi connectivity index (χ3v) is 3.51. The summed E-state index contributed by atoms with van der Waals surface area (Å²) in [6.07, 6.45) is 1.62. The number of nitrogens with one attached hydrogen (secondary N) is 1. The van der Waals surface area contributed by atoms with E-state index in [0.29, 0.717) is 6.54 Å². The summed E-state index contributed by atoms with van der Waals surface area (Å²) in [5.74, 6) is -0.0168. The van der Waals surface area contributed by atoms with Crippen molar-refractivity contribution in [3.05, 3.63) is 34.4 Å². The molecule has 0 atom stereocenters. The van der Waals surface area contributed by atoms with E-state index >= 15 is 0 Å². The van der Waals surface area contributed by atoms with Crippen molar-refractivity contribution < 1.29 is 4.79 Å². The van der Waals surface area contributed by atoms with Gasteiger partial charge in [0, 0.05) is 6.54 Å². The van der Waals surface area contributed by atoms with Crippen LogP contribution in [0.25, 0.3) is 0 Å². The molecule has 0 aromatic heterocycles. The minimum Gasteiger partial charge on any atom is -0.350 e.